The van der Waals surface area contributed by atoms with Crippen molar-refractivity contribution in [2.45, 2.75) is 94.1 Å². The number of ether oxygens (including phenoxy) is 1. The zero-order chi connectivity index (χ0) is 13.8. The average Bonchev–Trinajstić information content (AvgIpc) is 3.06. The van der Waals surface area contributed by atoms with E-state index in [1.165, 1.54) is 70.0 Å². The molecule has 0 aromatic carbocycles. The van der Waals surface area contributed by atoms with Gasteiger partial charge in [0.2, 0.25) is 0 Å². The van der Waals surface area contributed by atoms with Crippen molar-refractivity contribution in [3.63, 3.8) is 0 Å². The van der Waals surface area contributed by atoms with Gasteiger partial charge in [0.25, 0.3) is 0 Å². The van der Waals surface area contributed by atoms with Crippen molar-refractivity contribution < 1.29 is 4.74 Å². The molecule has 2 saturated carbocycles. The number of hydrogen-bond acceptors (Lipinski definition) is 3. The summed E-state index contributed by atoms with van der Waals surface area (Å²) in [5.41, 5.74) is 0.293. The summed E-state index contributed by atoms with van der Waals surface area (Å²) in [6.45, 7) is 3.37. The average molecular weight is 298 g/mol. The summed E-state index contributed by atoms with van der Waals surface area (Å²) < 4.78 is 6.46. The van der Waals surface area contributed by atoms with E-state index in [9.17, 15) is 0 Å². The smallest absolute Gasteiger partial charge is 0.0708 e. The lowest BCUT2D eigenvalue weighted by atomic mass is 9.83. The van der Waals surface area contributed by atoms with E-state index in [1.54, 1.807) is 0 Å². The fourth-order valence-corrected chi connectivity index (χ4v) is 5.56. The third-order valence-corrected chi connectivity index (χ3v) is 6.76. The lowest BCUT2D eigenvalue weighted by Crippen LogP contribution is -2.37. The van der Waals surface area contributed by atoms with E-state index in [-0.39, 0.29) is 0 Å². The molecule has 2 aliphatic carbocycles. The molecule has 0 aromatic heterocycles. The van der Waals surface area contributed by atoms with Gasteiger partial charge in [-0.2, -0.15) is 11.8 Å². The van der Waals surface area contributed by atoms with Gasteiger partial charge in [-0.25, -0.2) is 0 Å². The largest absolute Gasteiger partial charge is 0.370 e. The van der Waals surface area contributed by atoms with E-state index in [0.717, 1.165) is 17.8 Å². The van der Waals surface area contributed by atoms with Crippen LogP contribution in [0, 0.1) is 0 Å². The van der Waals surface area contributed by atoms with Crippen LogP contribution in [0.2, 0.25) is 0 Å². The number of hydrogen-bond donors (Lipinski definition) is 1. The minimum Gasteiger partial charge on any atom is -0.370 e. The van der Waals surface area contributed by atoms with Gasteiger partial charge < -0.3 is 10.1 Å². The van der Waals surface area contributed by atoms with E-state index in [4.69, 9.17) is 4.74 Å². The van der Waals surface area contributed by atoms with Crippen molar-refractivity contribution in [3.8, 4) is 0 Å². The van der Waals surface area contributed by atoms with Crippen molar-refractivity contribution in [1.29, 1.82) is 0 Å². The van der Waals surface area contributed by atoms with Gasteiger partial charge in [0.05, 0.1) is 11.7 Å². The maximum Gasteiger partial charge on any atom is 0.0708 e. The van der Waals surface area contributed by atoms with Crippen LogP contribution >= 0.6 is 11.8 Å². The lowest BCUT2D eigenvalue weighted by Gasteiger charge is -2.33. The molecule has 1 heterocycles. The Morgan fingerprint density at radius 1 is 1.10 bits per heavy atom. The Labute approximate surface area is 128 Å². The van der Waals surface area contributed by atoms with Crippen molar-refractivity contribution >= 4 is 11.8 Å². The van der Waals surface area contributed by atoms with E-state index in [0.29, 0.717) is 11.7 Å². The topological polar surface area (TPSA) is 21.3 Å². The minimum atomic E-state index is 0.293. The predicted octanol–water partition coefficient (Wildman–Crippen LogP) is 4.13. The van der Waals surface area contributed by atoms with Gasteiger partial charge in [0.1, 0.15) is 0 Å². The lowest BCUT2D eigenvalue weighted by molar-refractivity contribution is -0.0629. The zero-order valence-corrected chi connectivity index (χ0v) is 13.9. The van der Waals surface area contributed by atoms with Crippen LogP contribution < -0.4 is 5.32 Å². The van der Waals surface area contributed by atoms with Gasteiger partial charge in [-0.3, -0.25) is 0 Å². The monoisotopic (exact) mass is 297 g/mol. The molecular weight excluding hydrogens is 266 g/mol. The van der Waals surface area contributed by atoms with E-state index < -0.39 is 0 Å². The summed E-state index contributed by atoms with van der Waals surface area (Å²) in [6.07, 6.45) is 14.1. The summed E-state index contributed by atoms with van der Waals surface area (Å²) in [4.78, 5) is 0. The van der Waals surface area contributed by atoms with Gasteiger partial charge in [-0.15, -0.1) is 0 Å². The summed E-state index contributed by atoms with van der Waals surface area (Å²) in [5.74, 6) is 1.27. The Hall–Kier alpha value is 0.270. The maximum absolute atomic E-state index is 6.46. The van der Waals surface area contributed by atoms with Crippen LogP contribution in [-0.2, 0) is 4.74 Å². The molecule has 3 fully saturated rings. The van der Waals surface area contributed by atoms with Crippen LogP contribution in [0.1, 0.15) is 71.1 Å². The Kier molecular flexibility index (Phi) is 5.33. The number of rotatable bonds is 5. The van der Waals surface area contributed by atoms with E-state index in [2.05, 4.69) is 24.0 Å². The molecule has 3 heteroatoms. The quantitative estimate of drug-likeness (QED) is 0.824. The fraction of sp³-hybridized carbons (Fsp3) is 1.00. The Morgan fingerprint density at radius 3 is 2.75 bits per heavy atom. The second kappa shape index (κ2) is 7.02. The second-order valence-electron chi connectivity index (χ2n) is 7.02. The first-order chi connectivity index (χ1) is 9.80. The van der Waals surface area contributed by atoms with Crippen LogP contribution in [0.25, 0.3) is 0 Å². The standard InChI is InChI=1S/C17H31NOS/c1-2-20-16-7-6-14(12-16)18-13-15-8-11-17(19-15)9-4-3-5-10-17/h14-16,18H,2-13H2,1H3. The van der Waals surface area contributed by atoms with Gasteiger partial charge in [0.15, 0.2) is 0 Å². The molecule has 3 atom stereocenters. The third-order valence-electron chi connectivity index (χ3n) is 5.52. The zero-order valence-electron chi connectivity index (χ0n) is 13.0. The molecule has 2 nitrogen and oxygen atoms in total. The highest BCUT2D eigenvalue weighted by atomic mass is 32.2. The summed E-state index contributed by atoms with van der Waals surface area (Å²) in [7, 11) is 0. The Morgan fingerprint density at radius 2 is 1.95 bits per heavy atom. The van der Waals surface area contributed by atoms with Crippen LogP contribution in [0.5, 0.6) is 0 Å². The van der Waals surface area contributed by atoms with Crippen molar-refractivity contribution in [2.24, 2.45) is 0 Å². The highest BCUT2D eigenvalue weighted by Gasteiger charge is 2.40. The highest BCUT2D eigenvalue weighted by molar-refractivity contribution is 7.99. The van der Waals surface area contributed by atoms with Crippen molar-refractivity contribution in [2.75, 3.05) is 12.3 Å². The molecule has 3 unspecified atom stereocenters. The highest BCUT2D eigenvalue weighted by Crippen LogP contribution is 2.41. The third kappa shape index (κ3) is 3.72. The summed E-state index contributed by atoms with van der Waals surface area (Å²) >= 11 is 2.15. The number of thioether (sulfide) groups is 1. The molecule has 1 aliphatic heterocycles. The Bertz CT molecular complexity index is 303. The number of nitrogens with one attached hydrogen (secondary N) is 1. The van der Waals surface area contributed by atoms with Crippen LogP contribution in [0.4, 0.5) is 0 Å². The van der Waals surface area contributed by atoms with Crippen LogP contribution in [0.3, 0.4) is 0 Å². The van der Waals surface area contributed by atoms with Crippen molar-refractivity contribution in [1.82, 2.24) is 5.32 Å². The van der Waals surface area contributed by atoms with Gasteiger partial charge in [0, 0.05) is 17.8 Å². The first kappa shape index (κ1) is 15.2. The molecule has 1 saturated heterocycles. The molecule has 1 N–H and O–H groups in total. The SMILES string of the molecule is CCSC1CCC(NCC2CCC3(CCCCC3)O2)C1. The maximum atomic E-state index is 6.46. The molecule has 0 radical (unpaired) electrons. The summed E-state index contributed by atoms with van der Waals surface area (Å²) in [6, 6.07) is 0.755. The van der Waals surface area contributed by atoms with Crippen LogP contribution in [0.15, 0.2) is 0 Å². The molecule has 3 rings (SSSR count). The van der Waals surface area contributed by atoms with Gasteiger partial charge >= 0.3 is 0 Å². The predicted molar refractivity (Wildman–Crippen MR) is 87.5 cm³/mol. The molecule has 0 amide bonds. The fourth-order valence-electron chi connectivity index (χ4n) is 4.41. The molecular formula is C17H31NOS. The minimum absolute atomic E-state index is 0.293. The molecule has 0 aromatic rings. The normalized spacial score (nSPS) is 36.8. The molecule has 20 heavy (non-hydrogen) atoms. The first-order valence-corrected chi connectivity index (χ1v) is 9.87. The van der Waals surface area contributed by atoms with E-state index in [1.807, 2.05) is 0 Å². The first-order valence-electron chi connectivity index (χ1n) is 8.82. The van der Waals surface area contributed by atoms with Gasteiger partial charge in [-0.1, -0.05) is 26.2 Å². The molecule has 3 aliphatic rings. The van der Waals surface area contributed by atoms with Gasteiger partial charge in [-0.05, 0) is 50.7 Å². The second-order valence-corrected chi connectivity index (χ2v) is 8.60. The Balaban J connectivity index is 1.37. The molecule has 1 spiro atoms. The molecule has 116 valence electrons. The van der Waals surface area contributed by atoms with E-state index >= 15 is 0 Å². The van der Waals surface area contributed by atoms with Crippen LogP contribution in [-0.4, -0.2) is 35.3 Å². The molecule has 0 bridgehead atoms. The summed E-state index contributed by atoms with van der Waals surface area (Å²) in [5, 5.41) is 4.70. The van der Waals surface area contributed by atoms with Crippen molar-refractivity contribution in [3.05, 3.63) is 0 Å².